The Bertz CT molecular complexity index is 1460. The van der Waals surface area contributed by atoms with E-state index in [4.69, 9.17) is 21.5 Å². The first-order valence-electron chi connectivity index (χ1n) is 12.5. The summed E-state index contributed by atoms with van der Waals surface area (Å²) < 4.78 is 73.7. The number of aromatic nitrogens is 1. The predicted molar refractivity (Wildman–Crippen MR) is 148 cm³/mol. The molecule has 3 atom stereocenters. The summed E-state index contributed by atoms with van der Waals surface area (Å²) in [5, 5.41) is 7.12. The average Bonchev–Trinajstić information content (AvgIpc) is 3.41. The molecule has 2 aromatic heterocycles. The maximum absolute atomic E-state index is 13.4. The van der Waals surface area contributed by atoms with Crippen LogP contribution in [0.1, 0.15) is 18.4 Å². The van der Waals surface area contributed by atoms with Gasteiger partial charge >= 0.3 is 12.1 Å². The molecule has 2 N–H and O–H groups in total. The molecule has 1 aliphatic heterocycles. The van der Waals surface area contributed by atoms with E-state index in [0.717, 1.165) is 55.6 Å². The van der Waals surface area contributed by atoms with Crippen molar-refractivity contribution < 1.29 is 35.9 Å². The predicted octanol–water partition coefficient (Wildman–Crippen LogP) is 5.72. The van der Waals surface area contributed by atoms with E-state index >= 15 is 0 Å². The van der Waals surface area contributed by atoms with Gasteiger partial charge in [-0.2, -0.15) is 17.6 Å². The van der Waals surface area contributed by atoms with Gasteiger partial charge in [-0.1, -0.05) is 48.0 Å². The fourth-order valence-electron chi connectivity index (χ4n) is 5.42. The minimum Gasteiger partial charge on any atom is -0.475 e. The average molecular weight is 635 g/mol. The second-order valence-corrected chi connectivity index (χ2v) is 13.4. The van der Waals surface area contributed by atoms with Crippen molar-refractivity contribution in [3.63, 3.8) is 0 Å². The number of piperidine rings is 1. The highest BCUT2D eigenvalue weighted by molar-refractivity contribution is 7.94. The molecule has 41 heavy (non-hydrogen) atoms. The first-order valence-corrected chi connectivity index (χ1v) is 15.2. The van der Waals surface area contributed by atoms with Crippen molar-refractivity contribution in [2.45, 2.75) is 35.8 Å². The zero-order valence-corrected chi connectivity index (χ0v) is 24.1. The molecule has 222 valence electrons. The number of aliphatic carboxylic acids is 1. The lowest BCUT2D eigenvalue weighted by molar-refractivity contribution is -0.192. The number of nitrogens with zero attached hydrogens (tertiary/aromatic N) is 3. The molecule has 0 radical (unpaired) electrons. The van der Waals surface area contributed by atoms with E-state index < -0.39 is 28.1 Å². The second kappa shape index (κ2) is 12.5. The van der Waals surface area contributed by atoms with Crippen molar-refractivity contribution in [3.8, 4) is 0 Å². The molecule has 2 aliphatic rings. The van der Waals surface area contributed by atoms with Crippen molar-refractivity contribution in [2.24, 2.45) is 11.8 Å². The molecule has 3 heterocycles. The zero-order valence-electron chi connectivity index (χ0n) is 21.7. The Hall–Kier alpha value is -2.94. The summed E-state index contributed by atoms with van der Waals surface area (Å²) in [5.41, 5.74) is 2.04. The number of benzene rings is 1. The molecule has 3 aromatic rings. The minimum absolute atomic E-state index is 0.0664. The van der Waals surface area contributed by atoms with Crippen LogP contribution in [0.3, 0.4) is 0 Å². The van der Waals surface area contributed by atoms with E-state index in [1.54, 1.807) is 6.07 Å². The number of likely N-dealkylation sites (tertiary alicyclic amines) is 1. The lowest BCUT2D eigenvalue weighted by atomic mass is 9.90. The number of hydrogen-bond acceptors (Lipinski definition) is 7. The first-order chi connectivity index (χ1) is 19.2. The molecular weight excluding hydrogens is 608 g/mol. The highest BCUT2D eigenvalue weighted by atomic mass is 35.5. The van der Waals surface area contributed by atoms with Gasteiger partial charge in [0.05, 0.1) is 5.69 Å². The van der Waals surface area contributed by atoms with E-state index in [0.29, 0.717) is 22.2 Å². The fraction of sp³-hybridized carbons (Fsp3) is 0.385. The number of fused-ring (bicyclic) bond motifs is 2. The zero-order chi connectivity index (χ0) is 29.9. The highest BCUT2D eigenvalue weighted by Gasteiger charge is 2.44. The van der Waals surface area contributed by atoms with Crippen LogP contribution in [0.5, 0.6) is 0 Å². The molecule has 1 saturated carbocycles. The molecule has 15 heteroatoms. The van der Waals surface area contributed by atoms with Crippen molar-refractivity contribution in [3.05, 3.63) is 70.4 Å². The van der Waals surface area contributed by atoms with Crippen LogP contribution in [0.15, 0.2) is 58.8 Å². The Labute approximate surface area is 243 Å². The largest absolute Gasteiger partial charge is 0.490 e. The summed E-state index contributed by atoms with van der Waals surface area (Å²) in [7, 11) is -1.92. The van der Waals surface area contributed by atoms with Crippen LogP contribution < -0.4 is 9.62 Å². The third kappa shape index (κ3) is 7.67. The molecule has 8 nitrogen and oxygen atoms in total. The summed E-state index contributed by atoms with van der Waals surface area (Å²) in [4.78, 5) is 17.2. The second-order valence-electron chi connectivity index (χ2n) is 9.86. The molecule has 0 amide bonds. The standard InChI is InChI=1S/C24H26ClFN4O2S2.C2HF3O2/c1-29(23-17-10-11-18(23)15-30(14-17)13-16-6-3-2-4-7-16)19-12-22(33-24(19)25)34(31,32)28-21-9-5-8-20(26)27-21;3-2(4,5)1(6)7/h2-9,12,17-18,23H,10-11,13-15H2,1H3,(H,27,28);(H,6,7)/t17-,18+,23+;. The quantitative estimate of drug-likeness (QED) is 0.253. The van der Waals surface area contributed by atoms with Gasteiger partial charge in [0.25, 0.3) is 10.0 Å². The molecule has 1 aromatic carbocycles. The van der Waals surface area contributed by atoms with Crippen LogP contribution in [0, 0.1) is 17.8 Å². The van der Waals surface area contributed by atoms with Crippen LogP contribution in [0.25, 0.3) is 0 Å². The smallest absolute Gasteiger partial charge is 0.475 e. The molecule has 2 fully saturated rings. The number of anilines is 2. The van der Waals surface area contributed by atoms with Gasteiger partial charge in [0.2, 0.25) is 5.95 Å². The Morgan fingerprint density at radius 2 is 1.76 bits per heavy atom. The van der Waals surface area contributed by atoms with Gasteiger partial charge in [0.15, 0.2) is 0 Å². The fourth-order valence-corrected chi connectivity index (χ4v) is 8.22. The number of rotatable bonds is 7. The number of sulfonamides is 1. The topological polar surface area (TPSA) is 103 Å². The summed E-state index contributed by atoms with van der Waals surface area (Å²) >= 11 is 7.55. The van der Waals surface area contributed by atoms with Gasteiger partial charge < -0.3 is 10.0 Å². The number of pyridine rings is 1. The number of halogens is 5. The van der Waals surface area contributed by atoms with Crippen molar-refractivity contribution >= 4 is 50.4 Å². The van der Waals surface area contributed by atoms with Crippen LogP contribution >= 0.6 is 22.9 Å². The maximum atomic E-state index is 13.4. The van der Waals surface area contributed by atoms with Gasteiger partial charge in [-0.3, -0.25) is 9.62 Å². The SMILES string of the molecule is CN(c1cc(S(=O)(=O)Nc2cccc(F)n2)sc1Cl)[C@H]1[C@@H]2CC[C@H]1CN(Cc1ccccc1)C2.O=C(O)C(F)(F)F. The third-order valence-corrected chi connectivity index (χ3v) is 10.2. The van der Waals surface area contributed by atoms with Crippen molar-refractivity contribution in [1.29, 1.82) is 0 Å². The summed E-state index contributed by atoms with van der Waals surface area (Å²) in [6, 6.07) is 16.4. The number of carboxylic acids is 1. The minimum atomic E-state index is -5.08. The van der Waals surface area contributed by atoms with Gasteiger partial charge in [0.1, 0.15) is 14.4 Å². The van der Waals surface area contributed by atoms with E-state index in [9.17, 15) is 26.0 Å². The molecule has 0 spiro atoms. The number of hydrogen-bond donors (Lipinski definition) is 2. The summed E-state index contributed by atoms with van der Waals surface area (Å²) in [5.74, 6) is -2.58. The summed E-state index contributed by atoms with van der Waals surface area (Å²) in [6.45, 7) is 2.98. The maximum Gasteiger partial charge on any atom is 0.490 e. The normalized spacial score (nSPS) is 20.7. The Morgan fingerprint density at radius 3 is 2.32 bits per heavy atom. The third-order valence-electron chi connectivity index (χ3n) is 7.04. The lowest BCUT2D eigenvalue weighted by Crippen LogP contribution is -2.51. The molecule has 0 unspecified atom stereocenters. The molecule has 1 aliphatic carbocycles. The van der Waals surface area contributed by atoms with Crippen LogP contribution in [-0.2, 0) is 21.4 Å². The first kappa shape index (κ1) is 31.0. The molecule has 5 rings (SSSR count). The Morgan fingerprint density at radius 1 is 1.15 bits per heavy atom. The van der Waals surface area contributed by atoms with Gasteiger partial charge in [-0.05, 0) is 48.4 Å². The highest BCUT2D eigenvalue weighted by Crippen LogP contribution is 2.45. The Kier molecular flexibility index (Phi) is 9.46. The van der Waals surface area contributed by atoms with Crippen LogP contribution in [0.2, 0.25) is 4.34 Å². The number of carboxylic acid groups (broad SMARTS) is 1. The van der Waals surface area contributed by atoms with E-state index in [1.165, 1.54) is 17.7 Å². The monoisotopic (exact) mass is 634 g/mol. The Balaban J connectivity index is 0.000000493. The summed E-state index contributed by atoms with van der Waals surface area (Å²) in [6.07, 6.45) is -2.77. The van der Waals surface area contributed by atoms with E-state index in [-0.39, 0.29) is 10.0 Å². The van der Waals surface area contributed by atoms with Gasteiger partial charge in [0, 0.05) is 32.7 Å². The van der Waals surface area contributed by atoms with Gasteiger partial charge in [-0.25, -0.2) is 18.2 Å². The van der Waals surface area contributed by atoms with E-state index in [1.807, 2.05) is 13.1 Å². The van der Waals surface area contributed by atoms with E-state index in [2.05, 4.69) is 43.8 Å². The van der Waals surface area contributed by atoms with Crippen molar-refractivity contribution in [1.82, 2.24) is 9.88 Å². The van der Waals surface area contributed by atoms with Crippen LogP contribution in [0.4, 0.5) is 29.1 Å². The van der Waals surface area contributed by atoms with Gasteiger partial charge in [-0.15, -0.1) is 11.3 Å². The lowest BCUT2D eigenvalue weighted by Gasteiger charge is -2.43. The molecule has 2 bridgehead atoms. The number of nitrogens with one attached hydrogen (secondary N) is 1. The number of carbonyl (C=O) groups is 1. The van der Waals surface area contributed by atoms with Crippen LogP contribution in [-0.4, -0.2) is 61.7 Å². The molecule has 1 saturated heterocycles. The number of alkyl halides is 3. The van der Waals surface area contributed by atoms with Crippen molar-refractivity contribution in [2.75, 3.05) is 29.8 Å². The molecular formula is C26H27ClF4N4O4S2. The number of thiophene rings is 1.